The fourth-order valence-electron chi connectivity index (χ4n) is 2.07. The van der Waals surface area contributed by atoms with E-state index in [9.17, 15) is 19.2 Å². The lowest BCUT2D eigenvalue weighted by molar-refractivity contribution is -0.150. The van der Waals surface area contributed by atoms with Gasteiger partial charge < -0.3 is 14.9 Å². The number of carboxylic acids is 2. The Hall–Kier alpha value is -2.70. The van der Waals surface area contributed by atoms with Gasteiger partial charge in [-0.25, -0.2) is 0 Å². The van der Waals surface area contributed by atoms with Crippen LogP contribution in [0.3, 0.4) is 0 Å². The van der Waals surface area contributed by atoms with Gasteiger partial charge in [0.2, 0.25) is 0 Å². The molecular weight excluding hydrogens is 304 g/mol. The van der Waals surface area contributed by atoms with Crippen LogP contribution >= 0.6 is 0 Å². The van der Waals surface area contributed by atoms with E-state index in [1.807, 2.05) is 0 Å². The second-order valence-electron chi connectivity index (χ2n) is 5.00. The number of aliphatic carboxylic acids is 2. The van der Waals surface area contributed by atoms with Gasteiger partial charge in [0.25, 0.3) is 0 Å². The number of esters is 1. The van der Waals surface area contributed by atoms with Gasteiger partial charge in [0.05, 0.1) is 7.11 Å². The van der Waals surface area contributed by atoms with E-state index in [2.05, 4.69) is 4.74 Å². The maximum absolute atomic E-state index is 11.8. The first-order valence-electron chi connectivity index (χ1n) is 6.98. The predicted molar refractivity (Wildman–Crippen MR) is 79.0 cm³/mol. The highest BCUT2D eigenvalue weighted by molar-refractivity contribution is 5.99. The lowest BCUT2D eigenvalue weighted by Gasteiger charge is -2.08. The van der Waals surface area contributed by atoms with Gasteiger partial charge >= 0.3 is 17.9 Å². The molecule has 0 aliphatic heterocycles. The molecule has 0 aliphatic rings. The predicted octanol–water partition coefficient (Wildman–Crippen LogP) is 1.39. The maximum Gasteiger partial charge on any atom is 0.322 e. The second kappa shape index (κ2) is 8.67. The van der Waals surface area contributed by atoms with Crippen molar-refractivity contribution in [3.63, 3.8) is 0 Å². The van der Waals surface area contributed by atoms with Crippen LogP contribution < -0.4 is 0 Å². The fraction of sp³-hybridized carbons (Fsp3) is 0.375. The van der Waals surface area contributed by atoms with Gasteiger partial charge in [-0.05, 0) is 17.5 Å². The van der Waals surface area contributed by atoms with Gasteiger partial charge in [-0.15, -0.1) is 0 Å². The third-order valence-electron chi connectivity index (χ3n) is 3.27. The number of carbonyl (C=O) groups excluding carboxylic acids is 2. The van der Waals surface area contributed by atoms with E-state index >= 15 is 0 Å². The average molecular weight is 322 g/mol. The van der Waals surface area contributed by atoms with Crippen molar-refractivity contribution >= 4 is 23.7 Å². The van der Waals surface area contributed by atoms with Gasteiger partial charge in [-0.1, -0.05) is 24.3 Å². The van der Waals surface area contributed by atoms with E-state index in [0.29, 0.717) is 12.0 Å². The van der Waals surface area contributed by atoms with Crippen molar-refractivity contribution in [1.29, 1.82) is 0 Å². The van der Waals surface area contributed by atoms with Crippen LogP contribution in [-0.2, 0) is 30.3 Å². The number of rotatable bonds is 9. The zero-order valence-electron chi connectivity index (χ0n) is 12.7. The van der Waals surface area contributed by atoms with Crippen LogP contribution in [0.2, 0.25) is 0 Å². The molecular formula is C16H18O7. The van der Waals surface area contributed by atoms with Crippen LogP contribution in [0.5, 0.6) is 0 Å². The van der Waals surface area contributed by atoms with Gasteiger partial charge in [0.15, 0.2) is 5.92 Å². The Balaban J connectivity index is 2.60. The van der Waals surface area contributed by atoms with E-state index in [1.54, 1.807) is 0 Å². The normalized spacial score (nSPS) is 10.3. The molecule has 0 atom stereocenters. The fourth-order valence-corrected chi connectivity index (χ4v) is 2.07. The number of ether oxygens (including phenoxy) is 1. The summed E-state index contributed by atoms with van der Waals surface area (Å²) in [5, 5.41) is 17.8. The van der Waals surface area contributed by atoms with Gasteiger partial charge in [0, 0.05) is 19.3 Å². The SMILES string of the molecule is COC(=O)CCCC(=O)Cc1ccc(C(C(=O)O)C(=O)O)cc1. The van der Waals surface area contributed by atoms with Crippen LogP contribution in [0, 0.1) is 0 Å². The minimum absolute atomic E-state index is 0.0605. The summed E-state index contributed by atoms with van der Waals surface area (Å²) in [6.45, 7) is 0. The molecule has 7 heteroatoms. The summed E-state index contributed by atoms with van der Waals surface area (Å²) < 4.78 is 4.48. The summed E-state index contributed by atoms with van der Waals surface area (Å²) >= 11 is 0. The molecule has 0 fully saturated rings. The molecule has 0 radical (unpaired) electrons. The molecule has 1 aromatic rings. The first-order chi connectivity index (χ1) is 10.8. The minimum Gasteiger partial charge on any atom is -0.480 e. The Morgan fingerprint density at radius 1 is 1.00 bits per heavy atom. The number of methoxy groups -OCH3 is 1. The van der Waals surface area contributed by atoms with Crippen LogP contribution in [0.4, 0.5) is 0 Å². The Bertz CT molecular complexity index is 575. The molecule has 124 valence electrons. The molecule has 0 saturated heterocycles. The maximum atomic E-state index is 11.8. The minimum atomic E-state index is -1.63. The largest absolute Gasteiger partial charge is 0.480 e. The van der Waals surface area contributed by atoms with E-state index in [0.717, 1.165) is 0 Å². The van der Waals surface area contributed by atoms with Crippen molar-refractivity contribution in [2.45, 2.75) is 31.6 Å². The quantitative estimate of drug-likeness (QED) is 0.521. The number of carbonyl (C=O) groups is 4. The van der Waals surface area contributed by atoms with Crippen molar-refractivity contribution in [2.75, 3.05) is 7.11 Å². The molecule has 0 heterocycles. The summed E-state index contributed by atoms with van der Waals surface area (Å²) in [5.41, 5.74) is 0.804. The second-order valence-corrected chi connectivity index (χ2v) is 5.00. The molecule has 2 N–H and O–H groups in total. The molecule has 0 saturated carbocycles. The van der Waals surface area contributed by atoms with Crippen molar-refractivity contribution in [2.24, 2.45) is 0 Å². The first kappa shape index (κ1) is 18.3. The number of benzene rings is 1. The van der Waals surface area contributed by atoms with E-state index in [4.69, 9.17) is 10.2 Å². The summed E-state index contributed by atoms with van der Waals surface area (Å²) in [6.07, 6.45) is 0.972. The van der Waals surface area contributed by atoms with Crippen LogP contribution in [0.15, 0.2) is 24.3 Å². The Kier molecular flexibility index (Phi) is 6.92. The van der Waals surface area contributed by atoms with E-state index in [-0.39, 0.29) is 36.6 Å². The highest BCUT2D eigenvalue weighted by Crippen LogP contribution is 2.18. The summed E-state index contributed by atoms with van der Waals surface area (Å²) in [4.78, 5) is 44.6. The summed E-state index contributed by atoms with van der Waals surface area (Å²) in [7, 11) is 1.28. The lowest BCUT2D eigenvalue weighted by Crippen LogP contribution is -2.21. The molecule has 0 unspecified atom stereocenters. The zero-order valence-corrected chi connectivity index (χ0v) is 12.7. The van der Waals surface area contributed by atoms with Crippen molar-refractivity contribution in [1.82, 2.24) is 0 Å². The molecule has 0 aromatic heterocycles. The molecule has 7 nitrogen and oxygen atoms in total. The van der Waals surface area contributed by atoms with Crippen LogP contribution in [-0.4, -0.2) is 41.0 Å². The molecule has 1 aromatic carbocycles. The topological polar surface area (TPSA) is 118 Å². The standard InChI is InChI=1S/C16H18O7/c1-23-13(18)4-2-3-12(17)9-10-5-7-11(8-6-10)14(15(19)20)16(21)22/h5-8,14H,2-4,9H2,1H3,(H,19,20)(H,21,22). The first-order valence-corrected chi connectivity index (χ1v) is 6.98. The Labute approximate surface area is 132 Å². The number of hydrogen-bond donors (Lipinski definition) is 2. The van der Waals surface area contributed by atoms with Gasteiger partial charge in [0.1, 0.15) is 5.78 Å². The highest BCUT2D eigenvalue weighted by Gasteiger charge is 2.27. The van der Waals surface area contributed by atoms with Crippen molar-refractivity contribution in [3.05, 3.63) is 35.4 Å². The smallest absolute Gasteiger partial charge is 0.322 e. The number of hydrogen-bond acceptors (Lipinski definition) is 5. The number of carboxylic acid groups (broad SMARTS) is 2. The molecule has 0 amide bonds. The van der Waals surface area contributed by atoms with E-state index < -0.39 is 17.9 Å². The van der Waals surface area contributed by atoms with Crippen molar-refractivity contribution < 1.29 is 34.1 Å². The van der Waals surface area contributed by atoms with Gasteiger partial charge in [-0.3, -0.25) is 19.2 Å². The molecule has 0 aliphatic carbocycles. The third-order valence-corrected chi connectivity index (χ3v) is 3.27. The molecule has 0 bridgehead atoms. The van der Waals surface area contributed by atoms with E-state index in [1.165, 1.54) is 31.4 Å². The third kappa shape index (κ3) is 5.90. The highest BCUT2D eigenvalue weighted by atomic mass is 16.5. The monoisotopic (exact) mass is 322 g/mol. The number of ketones is 1. The van der Waals surface area contributed by atoms with Crippen LogP contribution in [0.1, 0.15) is 36.3 Å². The molecule has 1 rings (SSSR count). The van der Waals surface area contributed by atoms with Gasteiger partial charge in [-0.2, -0.15) is 0 Å². The summed E-state index contributed by atoms with van der Waals surface area (Å²) in [5.74, 6) is -4.93. The van der Waals surface area contributed by atoms with Crippen LogP contribution in [0.25, 0.3) is 0 Å². The zero-order chi connectivity index (χ0) is 17.4. The number of Topliss-reactive ketones (excluding diaryl/α,β-unsaturated/α-hetero) is 1. The molecule has 23 heavy (non-hydrogen) atoms. The Morgan fingerprint density at radius 3 is 2.04 bits per heavy atom. The lowest BCUT2D eigenvalue weighted by atomic mass is 9.96. The Morgan fingerprint density at radius 2 is 1.57 bits per heavy atom. The summed E-state index contributed by atoms with van der Waals surface area (Å²) in [6, 6.07) is 5.85. The van der Waals surface area contributed by atoms with Crippen molar-refractivity contribution in [3.8, 4) is 0 Å². The average Bonchev–Trinajstić information content (AvgIpc) is 2.48. The molecule has 0 spiro atoms.